The molecule has 7 rings (SSSR count). The van der Waals surface area contributed by atoms with Crippen LogP contribution in [-0.2, 0) is 18.6 Å². The van der Waals surface area contributed by atoms with Crippen molar-refractivity contribution in [2.75, 3.05) is 11.9 Å². The molecule has 0 amide bonds. The number of benzene rings is 1. The molecule has 3 N–H and O–H groups in total. The van der Waals surface area contributed by atoms with Gasteiger partial charge in [-0.25, -0.2) is 23.7 Å². The third kappa shape index (κ3) is 3.43. The number of pyridine rings is 1. The Morgan fingerprint density at radius 2 is 2.00 bits per heavy atom. The first-order valence-electron chi connectivity index (χ1n) is 12.0. The van der Waals surface area contributed by atoms with Crippen molar-refractivity contribution in [1.29, 1.82) is 0 Å². The van der Waals surface area contributed by atoms with Crippen molar-refractivity contribution in [2.45, 2.75) is 50.3 Å². The molecule has 3 aromatic heterocycles. The van der Waals surface area contributed by atoms with E-state index in [1.807, 2.05) is 6.07 Å². The average molecular weight is 474 g/mol. The number of fused-ring (bicyclic) bond motifs is 2. The van der Waals surface area contributed by atoms with Gasteiger partial charge in [-0.1, -0.05) is 6.07 Å². The quantitative estimate of drug-likeness (QED) is 0.409. The van der Waals surface area contributed by atoms with Crippen LogP contribution < -0.4 is 16.2 Å². The van der Waals surface area contributed by atoms with Gasteiger partial charge in [0, 0.05) is 18.4 Å². The first kappa shape index (κ1) is 20.7. The smallest absolute Gasteiger partial charge is 0.278 e. The van der Waals surface area contributed by atoms with Crippen molar-refractivity contribution in [3.8, 4) is 5.82 Å². The average Bonchev–Trinajstić information content (AvgIpc) is 3.80. The second kappa shape index (κ2) is 7.43. The zero-order valence-electron chi connectivity index (χ0n) is 19.0. The molecule has 2 aliphatic carbocycles. The molecule has 1 aromatic carbocycles. The molecule has 9 nitrogen and oxygen atoms in total. The van der Waals surface area contributed by atoms with E-state index in [4.69, 9.17) is 0 Å². The van der Waals surface area contributed by atoms with Gasteiger partial charge < -0.3 is 15.7 Å². The highest BCUT2D eigenvalue weighted by atomic mass is 19.1. The monoisotopic (exact) mass is 473 g/mol. The summed E-state index contributed by atoms with van der Waals surface area (Å²) < 4.78 is 17.8. The van der Waals surface area contributed by atoms with Gasteiger partial charge in [0.1, 0.15) is 22.5 Å². The summed E-state index contributed by atoms with van der Waals surface area (Å²) in [6.07, 6.45) is 5.21. The van der Waals surface area contributed by atoms with E-state index in [0.717, 1.165) is 38.0 Å². The highest BCUT2D eigenvalue weighted by Gasteiger charge is 2.46. The van der Waals surface area contributed by atoms with E-state index in [0.29, 0.717) is 35.6 Å². The largest absolute Gasteiger partial charge is 0.383 e. The minimum Gasteiger partial charge on any atom is -0.383 e. The Morgan fingerprint density at radius 3 is 2.80 bits per heavy atom. The number of halogens is 1. The number of hydrogen-bond donors (Lipinski definition) is 3. The van der Waals surface area contributed by atoms with Gasteiger partial charge in [-0.3, -0.25) is 4.79 Å². The van der Waals surface area contributed by atoms with Crippen LogP contribution in [-0.4, -0.2) is 36.0 Å². The summed E-state index contributed by atoms with van der Waals surface area (Å²) in [5.74, 6) is 0.153. The van der Waals surface area contributed by atoms with Crippen LogP contribution in [0.25, 0.3) is 16.9 Å². The highest BCUT2D eigenvalue weighted by molar-refractivity contribution is 5.77. The number of aromatic nitrogens is 5. The summed E-state index contributed by atoms with van der Waals surface area (Å²) >= 11 is 0. The summed E-state index contributed by atoms with van der Waals surface area (Å²) in [5.41, 5.74) is 2.40. The number of rotatable bonds is 5. The molecule has 10 heteroatoms. The Bertz CT molecular complexity index is 1550. The number of aliphatic hydroxyl groups is 1. The van der Waals surface area contributed by atoms with Gasteiger partial charge in [-0.15, -0.1) is 0 Å². The van der Waals surface area contributed by atoms with Crippen LogP contribution in [0, 0.1) is 5.82 Å². The van der Waals surface area contributed by atoms with Gasteiger partial charge in [-0.2, -0.15) is 4.98 Å². The third-order valence-electron chi connectivity index (χ3n) is 7.08. The maximum atomic E-state index is 14.5. The van der Waals surface area contributed by atoms with Gasteiger partial charge in [0.05, 0.1) is 6.04 Å². The summed E-state index contributed by atoms with van der Waals surface area (Å²) in [4.78, 5) is 26.8. The first-order valence-corrected chi connectivity index (χ1v) is 12.0. The molecule has 1 aliphatic heterocycles. The second-order valence-corrected chi connectivity index (χ2v) is 9.69. The molecule has 2 saturated carbocycles. The molecular weight excluding hydrogens is 449 g/mol. The zero-order valence-corrected chi connectivity index (χ0v) is 19.0. The van der Waals surface area contributed by atoms with Crippen LogP contribution in [0.2, 0.25) is 0 Å². The molecule has 0 unspecified atom stereocenters. The van der Waals surface area contributed by atoms with Crippen molar-refractivity contribution in [3.63, 3.8) is 0 Å². The van der Waals surface area contributed by atoms with Crippen molar-refractivity contribution in [2.24, 2.45) is 0 Å². The Hall–Kier alpha value is -3.63. The van der Waals surface area contributed by atoms with E-state index in [1.54, 1.807) is 9.36 Å². The summed E-state index contributed by atoms with van der Waals surface area (Å²) in [5, 5.41) is 17.5. The van der Waals surface area contributed by atoms with Crippen molar-refractivity contribution in [1.82, 2.24) is 29.6 Å². The lowest BCUT2D eigenvalue weighted by atomic mass is 10.0. The lowest BCUT2D eigenvalue weighted by molar-refractivity contribution is 0.141. The predicted octanol–water partition coefficient (Wildman–Crippen LogP) is 2.82. The lowest BCUT2D eigenvalue weighted by Gasteiger charge is -2.18. The van der Waals surface area contributed by atoms with Crippen LogP contribution in [0.5, 0.6) is 0 Å². The number of anilines is 2. The number of nitrogens with one attached hydrogen (secondary N) is 2. The van der Waals surface area contributed by atoms with E-state index in [2.05, 4.69) is 37.7 Å². The molecule has 0 atom stereocenters. The lowest BCUT2D eigenvalue weighted by Crippen LogP contribution is -2.23. The van der Waals surface area contributed by atoms with Crippen LogP contribution >= 0.6 is 0 Å². The van der Waals surface area contributed by atoms with Gasteiger partial charge in [0.25, 0.3) is 5.56 Å². The zero-order chi connectivity index (χ0) is 23.7. The minimum atomic E-state index is -1.24. The maximum Gasteiger partial charge on any atom is 0.278 e. The standard InChI is InChI=1S/C25H24FN7O2/c26-19-5-6-20(30-21(19)25(35)8-9-25)33-22-18(23(34)32(33)17-3-4-17)13-28-24(31-22)29-16-2-1-14-7-10-27-12-15(14)11-16/h1-2,5-6,11,13,17,27,35H,3-4,7-10,12H2,(H,28,29,31). The van der Waals surface area contributed by atoms with Crippen molar-refractivity contribution < 1.29 is 9.50 Å². The molecule has 0 saturated heterocycles. The van der Waals surface area contributed by atoms with Gasteiger partial charge in [0.2, 0.25) is 5.95 Å². The van der Waals surface area contributed by atoms with Gasteiger partial charge in [0.15, 0.2) is 11.5 Å². The predicted molar refractivity (Wildman–Crippen MR) is 127 cm³/mol. The number of hydrogen-bond acceptors (Lipinski definition) is 7. The molecule has 0 bridgehead atoms. The van der Waals surface area contributed by atoms with Crippen molar-refractivity contribution >= 4 is 22.7 Å². The molecule has 4 aromatic rings. The fraction of sp³-hybridized carbons (Fsp3) is 0.360. The Kier molecular flexibility index (Phi) is 4.40. The van der Waals surface area contributed by atoms with Crippen LogP contribution in [0.3, 0.4) is 0 Å². The van der Waals surface area contributed by atoms with Gasteiger partial charge >= 0.3 is 0 Å². The molecule has 35 heavy (non-hydrogen) atoms. The Balaban J connectivity index is 1.35. The SMILES string of the molecule is O=c1c2cnc(Nc3ccc4c(c3)CNCC4)nc2n(-c2ccc(F)c(C3(O)CC3)n2)n1C1CC1. The first-order chi connectivity index (χ1) is 17.0. The van der Waals surface area contributed by atoms with Crippen molar-refractivity contribution in [3.05, 3.63) is 69.5 Å². The van der Waals surface area contributed by atoms with E-state index in [9.17, 15) is 14.3 Å². The maximum absolute atomic E-state index is 14.5. The molecule has 4 heterocycles. The molecule has 178 valence electrons. The van der Waals surface area contributed by atoms with E-state index < -0.39 is 11.4 Å². The molecule has 3 aliphatic rings. The molecule has 0 radical (unpaired) electrons. The van der Waals surface area contributed by atoms with Crippen LogP contribution in [0.1, 0.15) is 48.5 Å². The Morgan fingerprint density at radius 1 is 1.14 bits per heavy atom. The minimum absolute atomic E-state index is 0.0155. The van der Waals surface area contributed by atoms with E-state index in [-0.39, 0.29) is 17.3 Å². The normalized spacial score (nSPS) is 18.5. The highest BCUT2D eigenvalue weighted by Crippen LogP contribution is 2.45. The van der Waals surface area contributed by atoms with Gasteiger partial charge in [-0.05, 0) is 74.0 Å². The fourth-order valence-electron chi connectivity index (χ4n) is 4.85. The van der Waals surface area contributed by atoms with E-state index >= 15 is 0 Å². The number of nitrogens with zero attached hydrogens (tertiary/aromatic N) is 5. The van der Waals surface area contributed by atoms with Crippen LogP contribution in [0.4, 0.5) is 16.0 Å². The summed E-state index contributed by atoms with van der Waals surface area (Å²) in [6, 6.07) is 9.05. The van der Waals surface area contributed by atoms with E-state index in [1.165, 1.54) is 29.5 Å². The Labute approximate surface area is 199 Å². The topological polar surface area (TPSA) is 110 Å². The fourth-order valence-corrected chi connectivity index (χ4v) is 4.85. The van der Waals surface area contributed by atoms with Crippen LogP contribution in [0.15, 0.2) is 41.3 Å². The molecule has 0 spiro atoms. The summed E-state index contributed by atoms with van der Waals surface area (Å²) in [6.45, 7) is 1.80. The second-order valence-electron chi connectivity index (χ2n) is 9.69. The third-order valence-corrected chi connectivity index (χ3v) is 7.08. The summed E-state index contributed by atoms with van der Waals surface area (Å²) in [7, 11) is 0. The molecular formula is C25H24FN7O2. The molecule has 2 fully saturated rings.